The van der Waals surface area contributed by atoms with Gasteiger partial charge in [0.05, 0.1) is 17.9 Å². The first-order valence-electron chi connectivity index (χ1n) is 6.10. The molecule has 3 rings (SSSR count). The fourth-order valence-electron chi connectivity index (χ4n) is 2.01. The topological polar surface area (TPSA) is 84.1 Å². The number of aromatic nitrogens is 4. The third kappa shape index (κ3) is 2.49. The van der Waals surface area contributed by atoms with Crippen LogP contribution in [-0.4, -0.2) is 61.1 Å². The molecule has 0 radical (unpaired) electrons. The van der Waals surface area contributed by atoms with Gasteiger partial charge in [-0.25, -0.2) is 4.68 Å². The van der Waals surface area contributed by atoms with E-state index in [0.717, 1.165) is 12.8 Å². The molecule has 7 nitrogen and oxygen atoms in total. The smallest absolute Gasteiger partial charge is 0.233 e. The maximum absolute atomic E-state index is 11.9. The van der Waals surface area contributed by atoms with Crippen LogP contribution >= 0.6 is 11.8 Å². The predicted octanol–water partition coefficient (Wildman–Crippen LogP) is -0.307. The first kappa shape index (κ1) is 11.9. The lowest BCUT2D eigenvalue weighted by atomic mass is 10.3. The number of amides is 1. The summed E-state index contributed by atoms with van der Waals surface area (Å²) in [7, 11) is 0. The number of thioether (sulfide) groups is 1. The Morgan fingerprint density at radius 3 is 2.94 bits per heavy atom. The molecule has 2 heterocycles. The number of aliphatic hydroxyl groups is 1. The Labute approximate surface area is 109 Å². The number of carbonyl (C=O) groups is 1. The molecular weight excluding hydrogens is 254 g/mol. The summed E-state index contributed by atoms with van der Waals surface area (Å²) in [5.41, 5.74) is 0. The average Bonchev–Trinajstić information content (AvgIpc) is 2.94. The summed E-state index contributed by atoms with van der Waals surface area (Å²) in [6.45, 7) is 1.10. The van der Waals surface area contributed by atoms with Crippen molar-refractivity contribution in [1.82, 2.24) is 25.1 Å². The zero-order chi connectivity index (χ0) is 12.5. The minimum atomic E-state index is -0.365. The molecule has 1 aliphatic carbocycles. The van der Waals surface area contributed by atoms with Gasteiger partial charge >= 0.3 is 0 Å². The number of tetrazole rings is 1. The van der Waals surface area contributed by atoms with Gasteiger partial charge in [0.15, 0.2) is 0 Å². The molecule has 98 valence electrons. The lowest BCUT2D eigenvalue weighted by molar-refractivity contribution is -0.127. The summed E-state index contributed by atoms with van der Waals surface area (Å²) < 4.78 is 1.80. The molecule has 1 saturated heterocycles. The van der Waals surface area contributed by atoms with Gasteiger partial charge in [-0.2, -0.15) is 0 Å². The fraction of sp³-hybridized carbons (Fsp3) is 0.800. The normalized spacial score (nSPS) is 23.6. The van der Waals surface area contributed by atoms with Crippen LogP contribution in [-0.2, 0) is 4.79 Å². The first-order valence-corrected chi connectivity index (χ1v) is 7.09. The molecule has 1 atom stereocenters. The number of hydrogen-bond acceptors (Lipinski definition) is 6. The van der Waals surface area contributed by atoms with Gasteiger partial charge in [-0.3, -0.25) is 4.79 Å². The quantitative estimate of drug-likeness (QED) is 0.755. The molecule has 1 N–H and O–H groups in total. The van der Waals surface area contributed by atoms with Crippen LogP contribution in [0.2, 0.25) is 0 Å². The van der Waals surface area contributed by atoms with E-state index in [2.05, 4.69) is 15.5 Å². The summed E-state index contributed by atoms with van der Waals surface area (Å²) in [6, 6.07) is 0.422. The number of nitrogens with zero attached hydrogens (tertiary/aromatic N) is 5. The highest BCUT2D eigenvalue weighted by Crippen LogP contribution is 2.36. The number of β-amino-alcohol motifs (C(OH)–C–C–N with tert-alkyl or cyclic N) is 1. The number of aliphatic hydroxyl groups excluding tert-OH is 1. The highest BCUT2D eigenvalue weighted by atomic mass is 32.2. The van der Waals surface area contributed by atoms with E-state index in [0.29, 0.717) is 36.5 Å². The summed E-state index contributed by atoms with van der Waals surface area (Å²) in [6.07, 6.45) is 2.54. The maximum Gasteiger partial charge on any atom is 0.233 e. The Kier molecular flexibility index (Phi) is 3.21. The minimum Gasteiger partial charge on any atom is -0.391 e. The fourth-order valence-corrected chi connectivity index (χ4v) is 2.86. The average molecular weight is 269 g/mol. The Morgan fingerprint density at radius 1 is 1.44 bits per heavy atom. The van der Waals surface area contributed by atoms with Crippen molar-refractivity contribution < 1.29 is 9.90 Å². The van der Waals surface area contributed by atoms with Crippen molar-refractivity contribution in [2.45, 2.75) is 36.6 Å². The standard InChI is InChI=1S/C10H15N5O2S/c16-8-3-4-14(5-8)9(17)6-18-10-11-12-13-15(10)7-1-2-7/h7-8,16H,1-6H2/t8-/m0/s1. The van der Waals surface area contributed by atoms with Gasteiger partial charge in [0.1, 0.15) is 0 Å². The Morgan fingerprint density at radius 2 is 2.28 bits per heavy atom. The monoisotopic (exact) mass is 269 g/mol. The van der Waals surface area contributed by atoms with Gasteiger partial charge in [-0.05, 0) is 29.7 Å². The second-order valence-electron chi connectivity index (χ2n) is 4.71. The van der Waals surface area contributed by atoms with Crippen LogP contribution in [0.5, 0.6) is 0 Å². The number of likely N-dealkylation sites (tertiary alicyclic amines) is 1. The molecule has 1 amide bonds. The third-order valence-corrected chi connectivity index (χ3v) is 4.11. The molecule has 8 heteroatoms. The predicted molar refractivity (Wildman–Crippen MR) is 64.0 cm³/mol. The highest BCUT2D eigenvalue weighted by molar-refractivity contribution is 7.99. The number of rotatable bonds is 4. The lowest BCUT2D eigenvalue weighted by Gasteiger charge is -2.14. The second kappa shape index (κ2) is 4.85. The number of hydrogen-bond donors (Lipinski definition) is 1. The summed E-state index contributed by atoms with van der Waals surface area (Å²) >= 11 is 1.37. The van der Waals surface area contributed by atoms with E-state index < -0.39 is 0 Å². The van der Waals surface area contributed by atoms with Gasteiger partial charge in [0.2, 0.25) is 11.1 Å². The SMILES string of the molecule is O=C(CSc1nnnn1C1CC1)N1CC[C@H](O)C1. The molecule has 2 aliphatic rings. The van der Waals surface area contributed by atoms with Crippen molar-refractivity contribution in [1.29, 1.82) is 0 Å². The Bertz CT molecular complexity index is 447. The molecule has 1 aromatic rings. The van der Waals surface area contributed by atoms with Crippen LogP contribution in [0.25, 0.3) is 0 Å². The molecule has 1 saturated carbocycles. The van der Waals surface area contributed by atoms with Crippen LogP contribution < -0.4 is 0 Å². The van der Waals surface area contributed by atoms with Crippen LogP contribution in [0.3, 0.4) is 0 Å². The van der Waals surface area contributed by atoms with Gasteiger partial charge in [0.25, 0.3) is 0 Å². The highest BCUT2D eigenvalue weighted by Gasteiger charge is 2.29. The van der Waals surface area contributed by atoms with E-state index in [1.807, 2.05) is 0 Å². The van der Waals surface area contributed by atoms with Crippen LogP contribution in [0.1, 0.15) is 25.3 Å². The lowest BCUT2D eigenvalue weighted by Crippen LogP contribution is -2.31. The van der Waals surface area contributed by atoms with E-state index in [1.165, 1.54) is 11.8 Å². The maximum atomic E-state index is 11.9. The van der Waals surface area contributed by atoms with Gasteiger partial charge in [0, 0.05) is 13.1 Å². The van der Waals surface area contributed by atoms with Gasteiger partial charge < -0.3 is 10.0 Å². The van der Waals surface area contributed by atoms with Gasteiger partial charge in [-0.1, -0.05) is 11.8 Å². The molecule has 0 unspecified atom stereocenters. The molecule has 0 spiro atoms. The minimum absolute atomic E-state index is 0.0434. The summed E-state index contributed by atoms with van der Waals surface area (Å²) in [5.74, 6) is 0.377. The van der Waals surface area contributed by atoms with E-state index in [-0.39, 0.29) is 12.0 Å². The molecular formula is C10H15N5O2S. The Balaban J connectivity index is 1.54. The van der Waals surface area contributed by atoms with Crippen molar-refractivity contribution in [3.8, 4) is 0 Å². The van der Waals surface area contributed by atoms with E-state index >= 15 is 0 Å². The summed E-state index contributed by atoms with van der Waals surface area (Å²) in [4.78, 5) is 13.6. The third-order valence-electron chi connectivity index (χ3n) is 3.20. The van der Waals surface area contributed by atoms with E-state index in [4.69, 9.17) is 0 Å². The molecule has 0 bridgehead atoms. The van der Waals surface area contributed by atoms with Gasteiger partial charge in [-0.15, -0.1) is 5.10 Å². The van der Waals surface area contributed by atoms with E-state index in [1.54, 1.807) is 9.58 Å². The molecule has 0 aromatic carbocycles. The zero-order valence-corrected chi connectivity index (χ0v) is 10.7. The van der Waals surface area contributed by atoms with Crippen LogP contribution in [0.4, 0.5) is 0 Å². The van der Waals surface area contributed by atoms with Crippen molar-refractivity contribution in [3.05, 3.63) is 0 Å². The van der Waals surface area contributed by atoms with Crippen molar-refractivity contribution in [2.75, 3.05) is 18.8 Å². The van der Waals surface area contributed by atoms with Crippen molar-refractivity contribution in [3.63, 3.8) is 0 Å². The van der Waals surface area contributed by atoms with Crippen LogP contribution in [0.15, 0.2) is 5.16 Å². The molecule has 1 aliphatic heterocycles. The van der Waals surface area contributed by atoms with E-state index in [9.17, 15) is 9.90 Å². The van der Waals surface area contributed by atoms with Crippen molar-refractivity contribution in [2.24, 2.45) is 0 Å². The zero-order valence-electron chi connectivity index (χ0n) is 9.90. The largest absolute Gasteiger partial charge is 0.391 e. The number of carbonyl (C=O) groups excluding carboxylic acids is 1. The second-order valence-corrected chi connectivity index (χ2v) is 5.65. The summed E-state index contributed by atoms with van der Waals surface area (Å²) in [5, 5.41) is 21.6. The van der Waals surface area contributed by atoms with Crippen LogP contribution in [0, 0.1) is 0 Å². The van der Waals surface area contributed by atoms with Crippen molar-refractivity contribution >= 4 is 17.7 Å². The molecule has 2 fully saturated rings. The molecule has 18 heavy (non-hydrogen) atoms. The first-order chi connectivity index (χ1) is 8.74. The Hall–Kier alpha value is -1.15. The molecule has 1 aromatic heterocycles.